The highest BCUT2D eigenvalue weighted by molar-refractivity contribution is 6.46. The van der Waals surface area contributed by atoms with Crippen molar-refractivity contribution < 1.29 is 19.4 Å². The number of hydrogen-bond acceptors (Lipinski definition) is 4. The fourth-order valence-electron chi connectivity index (χ4n) is 4.75. The second kappa shape index (κ2) is 10.3. The number of aliphatic hydroxyl groups is 1. The maximum Gasteiger partial charge on any atom is 0.295 e. The van der Waals surface area contributed by atoms with Crippen molar-refractivity contribution in [3.63, 3.8) is 0 Å². The number of ketones is 1. The zero-order chi connectivity index (χ0) is 26.9. The fraction of sp³-hybridized carbons (Fsp3) is 0.312. The molecular formula is C32H35NO4. The van der Waals surface area contributed by atoms with Crippen LogP contribution in [-0.2, 0) is 21.5 Å². The predicted octanol–water partition coefficient (Wildman–Crippen LogP) is 6.62. The van der Waals surface area contributed by atoms with Crippen LogP contribution in [0.4, 0.5) is 0 Å². The molecule has 1 unspecified atom stereocenters. The van der Waals surface area contributed by atoms with Crippen molar-refractivity contribution in [2.45, 2.75) is 59.5 Å². The second-order valence-corrected chi connectivity index (χ2v) is 10.7. The summed E-state index contributed by atoms with van der Waals surface area (Å²) in [4.78, 5) is 28.4. The lowest BCUT2D eigenvalue weighted by Gasteiger charge is -2.27. The molecule has 1 saturated heterocycles. The fourth-order valence-corrected chi connectivity index (χ4v) is 4.75. The van der Waals surface area contributed by atoms with Crippen molar-refractivity contribution in [2.24, 2.45) is 0 Å². The lowest BCUT2D eigenvalue weighted by Crippen LogP contribution is -2.29. The molecule has 0 saturated carbocycles. The van der Waals surface area contributed by atoms with Gasteiger partial charge in [-0.05, 0) is 66.6 Å². The number of likely N-dealkylation sites (tertiary alicyclic amines) is 1. The first-order valence-corrected chi connectivity index (χ1v) is 12.7. The van der Waals surface area contributed by atoms with Crippen LogP contribution in [0.3, 0.4) is 0 Å². The summed E-state index contributed by atoms with van der Waals surface area (Å²) in [5.74, 6) is -0.684. The third kappa shape index (κ3) is 5.31. The van der Waals surface area contributed by atoms with Crippen LogP contribution in [0, 0.1) is 13.8 Å². The molecule has 1 amide bonds. The summed E-state index contributed by atoms with van der Waals surface area (Å²) >= 11 is 0. The molecule has 1 N–H and O–H groups in total. The molecule has 0 spiro atoms. The first kappa shape index (κ1) is 26.2. The Morgan fingerprint density at radius 2 is 1.59 bits per heavy atom. The highest BCUT2D eigenvalue weighted by atomic mass is 16.5. The van der Waals surface area contributed by atoms with Crippen LogP contribution in [0.1, 0.15) is 67.1 Å². The lowest BCUT2D eigenvalue weighted by atomic mass is 9.85. The largest absolute Gasteiger partial charge is 0.507 e. The number of amides is 1. The zero-order valence-corrected chi connectivity index (χ0v) is 22.5. The molecule has 192 valence electrons. The molecule has 1 atom stereocenters. The Bertz CT molecular complexity index is 1350. The molecule has 37 heavy (non-hydrogen) atoms. The number of Topliss-reactive ketones (excluding diaryl/α,β-unsaturated/α-hetero) is 1. The van der Waals surface area contributed by atoms with Gasteiger partial charge in [0, 0.05) is 12.1 Å². The summed E-state index contributed by atoms with van der Waals surface area (Å²) < 4.78 is 5.54. The lowest BCUT2D eigenvalue weighted by molar-refractivity contribution is -0.140. The Labute approximate surface area is 219 Å². The monoisotopic (exact) mass is 497 g/mol. The highest BCUT2D eigenvalue weighted by Crippen LogP contribution is 2.41. The Balaban J connectivity index is 1.84. The SMILES string of the molecule is CCOc1ccc(CN2C(=O)C(=O)/C(=C(/O)c3cc(C)ccc3C)C2c2ccc(C(C)(C)C)cc2)cc1. The number of carbonyl (C=O) groups is 2. The van der Waals surface area contributed by atoms with Gasteiger partial charge in [-0.15, -0.1) is 0 Å². The van der Waals surface area contributed by atoms with Crippen molar-refractivity contribution >= 4 is 17.4 Å². The van der Waals surface area contributed by atoms with E-state index in [2.05, 4.69) is 20.8 Å². The molecule has 0 radical (unpaired) electrons. The molecule has 1 aliphatic rings. The maximum atomic E-state index is 13.4. The molecule has 1 heterocycles. The van der Waals surface area contributed by atoms with Crippen LogP contribution in [0.5, 0.6) is 5.75 Å². The number of rotatable bonds is 6. The summed E-state index contributed by atoms with van der Waals surface area (Å²) in [5.41, 5.74) is 5.24. The number of hydrogen-bond donors (Lipinski definition) is 1. The van der Waals surface area contributed by atoms with E-state index < -0.39 is 17.7 Å². The minimum atomic E-state index is -0.708. The normalized spacial score (nSPS) is 17.4. The number of ether oxygens (including phenoxy) is 1. The van der Waals surface area contributed by atoms with Gasteiger partial charge in [0.1, 0.15) is 11.5 Å². The zero-order valence-electron chi connectivity index (χ0n) is 22.5. The van der Waals surface area contributed by atoms with Crippen molar-refractivity contribution in [1.82, 2.24) is 4.90 Å². The van der Waals surface area contributed by atoms with Crippen molar-refractivity contribution in [3.8, 4) is 5.75 Å². The van der Waals surface area contributed by atoms with Gasteiger partial charge in [0.25, 0.3) is 11.7 Å². The van der Waals surface area contributed by atoms with E-state index in [-0.39, 0.29) is 23.3 Å². The van der Waals surface area contributed by atoms with E-state index in [0.717, 1.165) is 33.6 Å². The summed E-state index contributed by atoms with van der Waals surface area (Å²) in [6, 6.07) is 20.5. The molecular weight excluding hydrogens is 462 g/mol. The van der Waals surface area contributed by atoms with Crippen LogP contribution < -0.4 is 4.74 Å². The molecule has 4 rings (SSSR count). The van der Waals surface area contributed by atoms with E-state index in [1.807, 2.05) is 87.5 Å². The van der Waals surface area contributed by atoms with Gasteiger partial charge in [0.2, 0.25) is 0 Å². The van der Waals surface area contributed by atoms with E-state index >= 15 is 0 Å². The Hall–Kier alpha value is -3.86. The molecule has 0 bridgehead atoms. The molecule has 5 heteroatoms. The van der Waals surface area contributed by atoms with E-state index in [9.17, 15) is 14.7 Å². The molecule has 1 aliphatic heterocycles. The third-order valence-electron chi connectivity index (χ3n) is 6.87. The van der Waals surface area contributed by atoms with E-state index in [1.165, 1.54) is 0 Å². The Kier molecular flexibility index (Phi) is 7.26. The van der Waals surface area contributed by atoms with Crippen molar-refractivity contribution in [2.75, 3.05) is 6.61 Å². The molecule has 3 aromatic rings. The van der Waals surface area contributed by atoms with Crippen LogP contribution in [-0.4, -0.2) is 28.3 Å². The molecule has 0 aliphatic carbocycles. The number of aliphatic hydroxyl groups excluding tert-OH is 1. The Morgan fingerprint density at radius 1 is 0.946 bits per heavy atom. The van der Waals surface area contributed by atoms with Crippen molar-refractivity contribution in [1.29, 1.82) is 0 Å². The van der Waals surface area contributed by atoms with Crippen molar-refractivity contribution in [3.05, 3.63) is 106 Å². The average Bonchev–Trinajstić information content (AvgIpc) is 3.11. The maximum absolute atomic E-state index is 13.4. The number of nitrogens with zero attached hydrogens (tertiary/aromatic N) is 1. The molecule has 1 fully saturated rings. The van der Waals surface area contributed by atoms with Gasteiger partial charge in [-0.25, -0.2) is 0 Å². The first-order chi connectivity index (χ1) is 17.5. The molecule has 3 aromatic carbocycles. The van der Waals surface area contributed by atoms with Gasteiger partial charge in [0.15, 0.2) is 0 Å². The molecule has 5 nitrogen and oxygen atoms in total. The topological polar surface area (TPSA) is 66.8 Å². The average molecular weight is 498 g/mol. The van der Waals surface area contributed by atoms with Gasteiger partial charge in [-0.3, -0.25) is 9.59 Å². The van der Waals surface area contributed by atoms with Crippen LogP contribution in [0.2, 0.25) is 0 Å². The second-order valence-electron chi connectivity index (χ2n) is 10.7. The van der Waals surface area contributed by atoms with E-state index in [0.29, 0.717) is 12.2 Å². The van der Waals surface area contributed by atoms with Gasteiger partial charge < -0.3 is 14.7 Å². The number of benzene rings is 3. The minimum absolute atomic E-state index is 0.0404. The minimum Gasteiger partial charge on any atom is -0.507 e. The standard InChI is InChI=1S/C32H35NO4/c1-7-37-25-16-10-22(11-17-25)19-33-28(23-12-14-24(15-13-23)32(4,5)6)27(30(35)31(33)36)29(34)26-18-20(2)8-9-21(26)3/h8-18,28,34H,7,19H2,1-6H3/b29-27+. The number of aryl methyl sites for hydroxylation is 2. The van der Waals surface area contributed by atoms with Crippen LogP contribution in [0.25, 0.3) is 5.76 Å². The van der Waals surface area contributed by atoms with Gasteiger partial charge in [-0.2, -0.15) is 0 Å². The quantitative estimate of drug-likeness (QED) is 0.236. The summed E-state index contributed by atoms with van der Waals surface area (Å²) in [5, 5.41) is 11.5. The Morgan fingerprint density at radius 3 is 2.19 bits per heavy atom. The summed E-state index contributed by atoms with van der Waals surface area (Å²) in [6.07, 6.45) is 0. The van der Waals surface area contributed by atoms with Gasteiger partial charge >= 0.3 is 0 Å². The highest BCUT2D eigenvalue weighted by Gasteiger charge is 2.46. The van der Waals surface area contributed by atoms with Crippen LogP contribution in [0.15, 0.2) is 72.3 Å². The smallest absolute Gasteiger partial charge is 0.295 e. The summed E-state index contributed by atoms with van der Waals surface area (Å²) in [7, 11) is 0. The third-order valence-corrected chi connectivity index (χ3v) is 6.87. The number of carbonyl (C=O) groups excluding carboxylic acids is 2. The van der Waals surface area contributed by atoms with E-state index in [4.69, 9.17) is 4.74 Å². The van der Waals surface area contributed by atoms with Gasteiger partial charge in [0.05, 0.1) is 18.2 Å². The first-order valence-electron chi connectivity index (χ1n) is 12.7. The van der Waals surface area contributed by atoms with Gasteiger partial charge in [-0.1, -0.05) is 74.9 Å². The molecule has 0 aromatic heterocycles. The van der Waals surface area contributed by atoms with E-state index in [1.54, 1.807) is 4.90 Å². The summed E-state index contributed by atoms with van der Waals surface area (Å²) in [6.45, 7) is 13.0. The predicted molar refractivity (Wildman–Crippen MR) is 147 cm³/mol. The van der Waals surface area contributed by atoms with Crippen LogP contribution >= 0.6 is 0 Å².